The number of morpholine rings is 1. The summed E-state index contributed by atoms with van der Waals surface area (Å²) in [6, 6.07) is 16.1. The van der Waals surface area contributed by atoms with Crippen LogP contribution in [0.3, 0.4) is 0 Å². The maximum Gasteiger partial charge on any atom is 0.404 e. The molecule has 2 aliphatic heterocycles. The zero-order valence-corrected chi connectivity index (χ0v) is 28.3. The fourth-order valence-corrected chi connectivity index (χ4v) is 7.31. The number of nitrogens with zero attached hydrogens (tertiary/aromatic N) is 3. The Hall–Kier alpha value is -4.10. The van der Waals surface area contributed by atoms with Crippen molar-refractivity contribution in [3.8, 4) is 22.8 Å². The molecule has 1 aliphatic carbocycles. The van der Waals surface area contributed by atoms with Crippen LogP contribution >= 0.6 is 0 Å². The van der Waals surface area contributed by atoms with Crippen LogP contribution in [0.25, 0.3) is 11.1 Å². The van der Waals surface area contributed by atoms with E-state index in [-0.39, 0.29) is 23.5 Å². The van der Waals surface area contributed by atoms with Crippen LogP contribution in [0, 0.1) is 5.82 Å². The lowest BCUT2D eigenvalue weighted by atomic mass is 9.91. The van der Waals surface area contributed by atoms with Gasteiger partial charge in [-0.15, -0.1) is 0 Å². The van der Waals surface area contributed by atoms with Crippen molar-refractivity contribution in [1.29, 1.82) is 0 Å². The Labute approximate surface area is 287 Å². The number of pyridine rings is 1. The number of carbonyl (C=O) groups excluding carboxylic acids is 1. The average Bonchev–Trinajstić information content (AvgIpc) is 3.06. The molecule has 12 heteroatoms. The molecule has 0 radical (unpaired) electrons. The smallest absolute Gasteiger partial charge is 0.404 e. The Kier molecular flexibility index (Phi) is 11.4. The molecule has 2 atom stereocenters. The maximum absolute atomic E-state index is 14.4. The minimum absolute atomic E-state index is 0.00472. The molecule has 0 unspecified atom stereocenters. The van der Waals surface area contributed by atoms with Crippen molar-refractivity contribution in [1.82, 2.24) is 30.7 Å². The molecule has 2 saturated heterocycles. The average molecular weight is 675 g/mol. The third-order valence-electron chi connectivity index (χ3n) is 9.52. The topological polar surface area (TPSA) is 128 Å². The van der Waals surface area contributed by atoms with Gasteiger partial charge < -0.3 is 30.5 Å². The molecular formula is C37H47FN6O5. The van der Waals surface area contributed by atoms with E-state index in [1.165, 1.54) is 11.1 Å². The molecule has 3 aliphatic rings. The van der Waals surface area contributed by atoms with Crippen molar-refractivity contribution < 1.29 is 28.6 Å². The van der Waals surface area contributed by atoms with Gasteiger partial charge in [-0.2, -0.15) is 0 Å². The van der Waals surface area contributed by atoms with Crippen LogP contribution in [-0.2, 0) is 17.8 Å². The molecule has 3 aromatic rings. The number of aromatic nitrogens is 1. The molecule has 3 fully saturated rings. The minimum atomic E-state index is -1.05. The summed E-state index contributed by atoms with van der Waals surface area (Å²) in [6.07, 6.45) is 2.42. The summed E-state index contributed by atoms with van der Waals surface area (Å²) in [4.78, 5) is 33.4. The number of carboxylic acid groups (broad SMARTS) is 1. The molecule has 0 spiro atoms. The predicted octanol–water partition coefficient (Wildman–Crippen LogP) is 5.00. The molecule has 3 heterocycles. The SMILES string of the molecule is C[C@@H]1CN(Cc2ccc(-c3cccc(Oc4ncc(F)cc4C(=O)NC4CCC(NC(=O)O)CC4)c3)c(CN3CCOCC3)c2)C[C@H](C)N1. The van der Waals surface area contributed by atoms with Gasteiger partial charge in [0, 0.05) is 63.4 Å². The molecule has 4 N–H and O–H groups in total. The summed E-state index contributed by atoms with van der Waals surface area (Å²) in [7, 11) is 0. The monoisotopic (exact) mass is 674 g/mol. The molecular weight excluding hydrogens is 627 g/mol. The van der Waals surface area contributed by atoms with Crippen molar-refractivity contribution in [3.05, 3.63) is 77.2 Å². The number of rotatable bonds is 10. The van der Waals surface area contributed by atoms with Gasteiger partial charge in [-0.1, -0.05) is 30.3 Å². The number of piperazine rings is 1. The summed E-state index contributed by atoms with van der Waals surface area (Å²) in [5, 5.41) is 18.1. The van der Waals surface area contributed by atoms with Gasteiger partial charge >= 0.3 is 6.09 Å². The summed E-state index contributed by atoms with van der Waals surface area (Å²) in [6.45, 7) is 11.4. The molecule has 1 aromatic heterocycles. The number of amides is 2. The normalized spacial score (nSPS) is 23.5. The molecule has 49 heavy (non-hydrogen) atoms. The lowest BCUT2D eigenvalue weighted by Crippen LogP contribution is -2.53. The fourth-order valence-electron chi connectivity index (χ4n) is 7.31. The fraction of sp³-hybridized carbons (Fsp3) is 0.486. The van der Waals surface area contributed by atoms with E-state index in [4.69, 9.17) is 14.6 Å². The highest BCUT2D eigenvalue weighted by Crippen LogP contribution is 2.32. The number of halogens is 1. The summed E-state index contributed by atoms with van der Waals surface area (Å²) in [5.74, 6) is -0.626. The second kappa shape index (κ2) is 16.1. The van der Waals surface area contributed by atoms with Gasteiger partial charge in [-0.05, 0) is 80.0 Å². The highest BCUT2D eigenvalue weighted by Gasteiger charge is 2.26. The van der Waals surface area contributed by atoms with Crippen LogP contribution in [0.15, 0.2) is 54.7 Å². The van der Waals surface area contributed by atoms with Crippen LogP contribution in [0.1, 0.15) is 61.0 Å². The number of benzene rings is 2. The highest BCUT2D eigenvalue weighted by atomic mass is 19.1. The Balaban J connectivity index is 1.20. The van der Waals surface area contributed by atoms with Gasteiger partial charge in [0.2, 0.25) is 5.88 Å². The number of carbonyl (C=O) groups is 2. The van der Waals surface area contributed by atoms with Crippen LogP contribution in [0.4, 0.5) is 9.18 Å². The molecule has 11 nitrogen and oxygen atoms in total. The first-order valence-electron chi connectivity index (χ1n) is 17.3. The predicted molar refractivity (Wildman–Crippen MR) is 184 cm³/mol. The third-order valence-corrected chi connectivity index (χ3v) is 9.52. The largest absolute Gasteiger partial charge is 0.465 e. The van der Waals surface area contributed by atoms with Gasteiger partial charge in [0.1, 0.15) is 17.1 Å². The Morgan fingerprint density at radius 1 is 0.959 bits per heavy atom. The maximum atomic E-state index is 14.4. The van der Waals surface area contributed by atoms with Gasteiger partial charge in [0.15, 0.2) is 0 Å². The van der Waals surface area contributed by atoms with Gasteiger partial charge in [0.25, 0.3) is 5.91 Å². The number of hydrogen-bond acceptors (Lipinski definition) is 8. The second-order valence-corrected chi connectivity index (χ2v) is 13.7. The Bertz CT molecular complexity index is 1600. The number of ether oxygens (including phenoxy) is 2. The molecule has 2 aromatic carbocycles. The van der Waals surface area contributed by atoms with Crippen molar-refractivity contribution in [3.63, 3.8) is 0 Å². The quantitative estimate of drug-likeness (QED) is 0.235. The van der Waals surface area contributed by atoms with Crippen molar-refractivity contribution in [2.45, 2.75) is 76.8 Å². The number of nitrogens with one attached hydrogen (secondary N) is 3. The van der Waals surface area contributed by atoms with E-state index >= 15 is 0 Å². The first-order valence-corrected chi connectivity index (χ1v) is 17.3. The van der Waals surface area contributed by atoms with Crippen LogP contribution in [0.2, 0.25) is 0 Å². The van der Waals surface area contributed by atoms with E-state index in [9.17, 15) is 14.0 Å². The first-order chi connectivity index (χ1) is 23.7. The summed E-state index contributed by atoms with van der Waals surface area (Å²) >= 11 is 0. The number of hydrogen-bond donors (Lipinski definition) is 4. The molecule has 6 rings (SSSR count). The van der Waals surface area contributed by atoms with E-state index in [1.807, 2.05) is 18.2 Å². The molecule has 1 saturated carbocycles. The van der Waals surface area contributed by atoms with Crippen LogP contribution < -0.4 is 20.7 Å². The molecule has 262 valence electrons. The summed E-state index contributed by atoms with van der Waals surface area (Å²) in [5.41, 5.74) is 4.57. The first kappa shape index (κ1) is 34.8. The van der Waals surface area contributed by atoms with Crippen molar-refractivity contribution in [2.75, 3.05) is 39.4 Å². The van der Waals surface area contributed by atoms with E-state index in [0.717, 1.165) is 75.9 Å². The van der Waals surface area contributed by atoms with E-state index < -0.39 is 17.8 Å². The molecule has 2 amide bonds. The molecule has 0 bridgehead atoms. The Morgan fingerprint density at radius 3 is 2.39 bits per heavy atom. The van der Waals surface area contributed by atoms with Gasteiger partial charge in [-0.25, -0.2) is 14.2 Å². The van der Waals surface area contributed by atoms with Crippen LogP contribution in [0.5, 0.6) is 11.6 Å². The minimum Gasteiger partial charge on any atom is -0.465 e. The van der Waals surface area contributed by atoms with Crippen molar-refractivity contribution >= 4 is 12.0 Å². The third kappa shape index (κ3) is 9.54. The van der Waals surface area contributed by atoms with E-state index in [0.29, 0.717) is 43.5 Å². The zero-order valence-electron chi connectivity index (χ0n) is 28.3. The zero-order chi connectivity index (χ0) is 34.3. The van der Waals surface area contributed by atoms with Crippen LogP contribution in [-0.4, -0.2) is 95.5 Å². The highest BCUT2D eigenvalue weighted by molar-refractivity contribution is 5.96. The van der Waals surface area contributed by atoms with Crippen molar-refractivity contribution in [2.24, 2.45) is 0 Å². The summed E-state index contributed by atoms with van der Waals surface area (Å²) < 4.78 is 26.1. The van der Waals surface area contributed by atoms with E-state index in [1.54, 1.807) is 6.07 Å². The lowest BCUT2D eigenvalue weighted by Gasteiger charge is -2.36. The standard InChI is InChI=1S/C37H47FN6O5/c1-24-20-44(21-25(2)40-24)22-26-6-11-33(28(16-26)23-43-12-14-48-15-13-43)27-4-3-5-32(17-27)49-36-34(18-29(38)19-39-36)35(45)41-30-7-9-31(10-8-30)42-37(46)47/h3-6,11,16-19,24-25,30-31,40,42H,7-10,12-15,20-23H2,1-2H3,(H,41,45)(H,46,47)/t24-,25+,30?,31?. The lowest BCUT2D eigenvalue weighted by molar-refractivity contribution is 0.0342. The second-order valence-electron chi connectivity index (χ2n) is 13.7. The Morgan fingerprint density at radius 2 is 1.67 bits per heavy atom. The van der Waals surface area contributed by atoms with Gasteiger partial charge in [0.05, 0.1) is 19.4 Å². The van der Waals surface area contributed by atoms with Gasteiger partial charge in [-0.3, -0.25) is 14.6 Å². The van der Waals surface area contributed by atoms with E-state index in [2.05, 4.69) is 62.8 Å².